The van der Waals surface area contributed by atoms with Crippen molar-refractivity contribution in [1.29, 1.82) is 0 Å². The highest BCUT2D eigenvalue weighted by molar-refractivity contribution is 14.1. The lowest BCUT2D eigenvalue weighted by Crippen LogP contribution is -1.88. The van der Waals surface area contributed by atoms with Gasteiger partial charge >= 0.3 is 0 Å². The smallest absolute Gasteiger partial charge is 0.150 e. The first-order valence-electron chi connectivity index (χ1n) is 4.02. The largest absolute Gasteiger partial charge is 0.392 e. The molecule has 1 N–H and O–H groups in total. The number of carbonyl (C=O) groups excluding carboxylic acids is 1. The Labute approximate surface area is 98.7 Å². The van der Waals surface area contributed by atoms with Crippen LogP contribution in [0.2, 0.25) is 0 Å². The van der Waals surface area contributed by atoms with Gasteiger partial charge in [0.25, 0.3) is 0 Å². The summed E-state index contributed by atoms with van der Waals surface area (Å²) in [4.78, 5) is 10.9. The van der Waals surface area contributed by atoms with Gasteiger partial charge in [-0.3, -0.25) is 4.79 Å². The number of halogens is 1. The summed E-state index contributed by atoms with van der Waals surface area (Å²) in [5.74, 6) is 0. The van der Waals surface area contributed by atoms with Crippen molar-refractivity contribution in [3.63, 3.8) is 0 Å². The molecule has 1 heterocycles. The van der Waals surface area contributed by atoms with Gasteiger partial charge in [-0.15, -0.1) is 11.3 Å². The zero-order valence-electron chi connectivity index (χ0n) is 7.16. The van der Waals surface area contributed by atoms with Crippen molar-refractivity contribution in [3.8, 4) is 0 Å². The van der Waals surface area contributed by atoms with E-state index in [-0.39, 0.29) is 6.61 Å². The van der Waals surface area contributed by atoms with Crippen molar-refractivity contribution < 1.29 is 9.90 Å². The molecule has 1 aromatic heterocycles. The van der Waals surface area contributed by atoms with Gasteiger partial charge in [0.2, 0.25) is 0 Å². The molecule has 14 heavy (non-hydrogen) atoms. The molecule has 2 nitrogen and oxygen atoms in total. The third-order valence-corrected chi connectivity index (χ3v) is 4.23. The second kappa shape index (κ2) is 3.96. The van der Waals surface area contributed by atoms with E-state index >= 15 is 0 Å². The van der Waals surface area contributed by atoms with E-state index in [0.29, 0.717) is 5.56 Å². The Balaban J connectivity index is 2.82. The molecule has 0 aliphatic carbocycles. The van der Waals surface area contributed by atoms with Gasteiger partial charge in [-0.05, 0) is 40.3 Å². The molecule has 2 aromatic rings. The summed E-state index contributed by atoms with van der Waals surface area (Å²) in [7, 11) is 0. The normalized spacial score (nSPS) is 10.7. The van der Waals surface area contributed by atoms with Crippen molar-refractivity contribution in [2.75, 3.05) is 0 Å². The van der Waals surface area contributed by atoms with Gasteiger partial charge in [0.05, 0.1) is 6.61 Å². The number of carbonyl (C=O) groups is 1. The second-order valence-corrected chi connectivity index (χ2v) is 4.99. The highest BCUT2D eigenvalue weighted by Crippen LogP contribution is 2.30. The number of aldehydes is 1. The van der Waals surface area contributed by atoms with E-state index in [1.165, 1.54) is 0 Å². The maximum Gasteiger partial charge on any atom is 0.150 e. The minimum absolute atomic E-state index is 0.0226. The van der Waals surface area contributed by atoms with Gasteiger partial charge < -0.3 is 5.11 Å². The Morgan fingerprint density at radius 2 is 2.29 bits per heavy atom. The third kappa shape index (κ3) is 1.57. The highest BCUT2D eigenvalue weighted by Gasteiger charge is 2.08. The zero-order valence-corrected chi connectivity index (χ0v) is 10.1. The van der Waals surface area contributed by atoms with Gasteiger partial charge in [0.15, 0.2) is 6.29 Å². The Kier molecular flexibility index (Phi) is 2.85. The Morgan fingerprint density at radius 1 is 1.50 bits per heavy atom. The van der Waals surface area contributed by atoms with E-state index in [2.05, 4.69) is 22.6 Å². The summed E-state index contributed by atoms with van der Waals surface area (Å²) in [5.41, 5.74) is 1.45. The minimum atomic E-state index is -0.0226. The Bertz CT molecular complexity index is 490. The standard InChI is InChI=1S/C10H7IO2S/c11-8-5-14-9-2-6(3-12)1-7(4-13)10(8)9/h1-2,4-5,12H,3H2. The van der Waals surface area contributed by atoms with Gasteiger partial charge in [0, 0.05) is 24.6 Å². The SMILES string of the molecule is O=Cc1cc(CO)cc2scc(I)c12. The van der Waals surface area contributed by atoms with Crippen molar-refractivity contribution in [2.24, 2.45) is 0 Å². The molecule has 0 saturated heterocycles. The maximum atomic E-state index is 10.9. The minimum Gasteiger partial charge on any atom is -0.392 e. The fourth-order valence-electron chi connectivity index (χ4n) is 1.40. The van der Waals surface area contributed by atoms with Gasteiger partial charge in [0.1, 0.15) is 0 Å². The van der Waals surface area contributed by atoms with Crippen molar-refractivity contribution in [3.05, 3.63) is 32.2 Å². The summed E-state index contributed by atoms with van der Waals surface area (Å²) < 4.78 is 2.15. The number of aliphatic hydroxyl groups is 1. The van der Waals surface area contributed by atoms with E-state index in [0.717, 1.165) is 25.5 Å². The quantitative estimate of drug-likeness (QED) is 0.683. The van der Waals surface area contributed by atoms with E-state index in [1.807, 2.05) is 11.4 Å². The van der Waals surface area contributed by atoms with Gasteiger partial charge in [-0.25, -0.2) is 0 Å². The second-order valence-electron chi connectivity index (χ2n) is 2.92. The van der Waals surface area contributed by atoms with Crippen LogP contribution in [0.15, 0.2) is 17.5 Å². The van der Waals surface area contributed by atoms with Gasteiger partial charge in [-0.1, -0.05) is 0 Å². The molecule has 0 fully saturated rings. The first kappa shape index (κ1) is 10.1. The third-order valence-electron chi connectivity index (χ3n) is 2.03. The zero-order chi connectivity index (χ0) is 10.1. The average molecular weight is 318 g/mol. The fraction of sp³-hybridized carbons (Fsp3) is 0.100. The van der Waals surface area contributed by atoms with Crippen LogP contribution in [0, 0.1) is 3.57 Å². The highest BCUT2D eigenvalue weighted by atomic mass is 127. The van der Waals surface area contributed by atoms with Gasteiger partial charge in [-0.2, -0.15) is 0 Å². The monoisotopic (exact) mass is 318 g/mol. The number of rotatable bonds is 2. The molecule has 0 unspecified atom stereocenters. The molecular weight excluding hydrogens is 311 g/mol. The maximum absolute atomic E-state index is 10.9. The molecule has 0 spiro atoms. The van der Waals surface area contributed by atoms with Crippen molar-refractivity contribution in [1.82, 2.24) is 0 Å². The predicted molar refractivity (Wildman–Crippen MR) is 65.9 cm³/mol. The molecule has 0 bridgehead atoms. The Hall–Kier alpha value is -0.460. The molecule has 0 aliphatic heterocycles. The van der Waals surface area contributed by atoms with Crippen molar-refractivity contribution >= 4 is 50.3 Å². The number of hydrogen-bond acceptors (Lipinski definition) is 3. The topological polar surface area (TPSA) is 37.3 Å². The molecule has 0 amide bonds. The van der Waals surface area contributed by atoms with Crippen LogP contribution in [0.4, 0.5) is 0 Å². The lowest BCUT2D eigenvalue weighted by Gasteiger charge is -2.00. The van der Waals surface area contributed by atoms with E-state index in [4.69, 9.17) is 5.11 Å². The fourth-order valence-corrected chi connectivity index (χ4v) is 3.48. The molecular formula is C10H7IO2S. The number of thiophene rings is 1. The predicted octanol–water partition coefficient (Wildman–Crippen LogP) is 2.81. The lowest BCUT2D eigenvalue weighted by molar-refractivity contribution is 0.112. The van der Waals surface area contributed by atoms with E-state index in [9.17, 15) is 4.79 Å². The number of fused-ring (bicyclic) bond motifs is 1. The van der Waals surface area contributed by atoms with Crippen LogP contribution in [0.3, 0.4) is 0 Å². The molecule has 2 rings (SSSR count). The molecule has 0 radical (unpaired) electrons. The first-order chi connectivity index (χ1) is 6.76. The van der Waals surface area contributed by atoms with Crippen molar-refractivity contribution in [2.45, 2.75) is 6.61 Å². The van der Waals surface area contributed by atoms with Crippen LogP contribution in [0.5, 0.6) is 0 Å². The summed E-state index contributed by atoms with van der Waals surface area (Å²) in [6.07, 6.45) is 0.844. The van der Waals surface area contributed by atoms with Crippen LogP contribution in [-0.4, -0.2) is 11.4 Å². The van der Waals surface area contributed by atoms with Crippen LogP contribution in [0.25, 0.3) is 10.1 Å². The summed E-state index contributed by atoms with van der Waals surface area (Å²) in [6, 6.07) is 3.67. The van der Waals surface area contributed by atoms with Crippen LogP contribution in [-0.2, 0) is 6.61 Å². The Morgan fingerprint density at radius 3 is 2.93 bits per heavy atom. The lowest BCUT2D eigenvalue weighted by atomic mass is 10.1. The molecule has 4 heteroatoms. The number of hydrogen-bond donors (Lipinski definition) is 1. The molecule has 0 atom stereocenters. The molecule has 1 aromatic carbocycles. The van der Waals surface area contributed by atoms with E-state index < -0.39 is 0 Å². The average Bonchev–Trinajstić information content (AvgIpc) is 2.59. The number of aliphatic hydroxyl groups excluding tert-OH is 1. The molecule has 72 valence electrons. The molecule has 0 aliphatic rings. The molecule has 0 saturated carbocycles. The first-order valence-corrected chi connectivity index (χ1v) is 5.97. The van der Waals surface area contributed by atoms with Crippen LogP contribution < -0.4 is 0 Å². The summed E-state index contributed by atoms with van der Waals surface area (Å²) >= 11 is 3.81. The number of benzene rings is 1. The van der Waals surface area contributed by atoms with Crippen LogP contribution in [0.1, 0.15) is 15.9 Å². The van der Waals surface area contributed by atoms with Crippen LogP contribution >= 0.6 is 33.9 Å². The van der Waals surface area contributed by atoms with E-state index in [1.54, 1.807) is 17.4 Å². The summed E-state index contributed by atoms with van der Waals surface area (Å²) in [6.45, 7) is -0.0226. The summed E-state index contributed by atoms with van der Waals surface area (Å²) in [5, 5.41) is 12.0.